The van der Waals surface area contributed by atoms with Gasteiger partial charge in [-0.1, -0.05) is 30.3 Å². The van der Waals surface area contributed by atoms with E-state index in [4.69, 9.17) is 4.74 Å². The lowest BCUT2D eigenvalue weighted by Crippen LogP contribution is -2.42. The van der Waals surface area contributed by atoms with Gasteiger partial charge in [0.15, 0.2) is 5.78 Å². The van der Waals surface area contributed by atoms with Crippen molar-refractivity contribution in [2.75, 3.05) is 40.3 Å². The van der Waals surface area contributed by atoms with E-state index in [2.05, 4.69) is 18.0 Å². The first kappa shape index (κ1) is 26.7. The Labute approximate surface area is 204 Å². The molecule has 35 heavy (non-hydrogen) atoms. The molecule has 190 valence electrons. The fourth-order valence-corrected chi connectivity index (χ4v) is 4.43. The van der Waals surface area contributed by atoms with Crippen LogP contribution in [-0.4, -0.2) is 68.0 Å². The van der Waals surface area contributed by atoms with Crippen LogP contribution in [0, 0.1) is 0 Å². The first-order valence-corrected chi connectivity index (χ1v) is 12.0. The number of fused-ring (bicyclic) bond motifs is 1. The summed E-state index contributed by atoms with van der Waals surface area (Å²) in [6.07, 6.45) is -1.21. The zero-order valence-corrected chi connectivity index (χ0v) is 20.4. The minimum atomic E-state index is -4.86. The molecule has 2 aromatic rings. The molecule has 1 aliphatic rings. The molecular weight excluding hydrogens is 457 g/mol. The molecule has 1 heterocycles. The Morgan fingerprint density at radius 3 is 2.43 bits per heavy atom. The average Bonchev–Trinajstić information content (AvgIpc) is 3.06. The van der Waals surface area contributed by atoms with Crippen LogP contribution in [0.25, 0.3) is 0 Å². The van der Waals surface area contributed by atoms with Crippen molar-refractivity contribution in [1.82, 2.24) is 9.80 Å². The maximum Gasteiger partial charge on any atom is 0.471 e. The second-order valence-corrected chi connectivity index (χ2v) is 9.02. The van der Waals surface area contributed by atoms with Gasteiger partial charge in [-0.2, -0.15) is 13.2 Å². The molecule has 0 radical (unpaired) electrons. The third-order valence-corrected chi connectivity index (χ3v) is 6.51. The minimum Gasteiger partial charge on any atom is -0.496 e. The number of hydrogen-bond acceptors (Lipinski definition) is 4. The molecule has 0 aliphatic carbocycles. The lowest BCUT2D eigenvalue weighted by molar-refractivity contribution is -0.185. The number of hydrogen-bond donors (Lipinski definition) is 0. The third-order valence-electron chi connectivity index (χ3n) is 6.51. The van der Waals surface area contributed by atoms with E-state index in [0.29, 0.717) is 24.8 Å². The number of nitrogens with zero attached hydrogens (tertiary/aromatic N) is 2. The number of likely N-dealkylation sites (N-methyl/N-ethyl adjacent to an activating group) is 1. The van der Waals surface area contributed by atoms with Crippen molar-refractivity contribution < 1.29 is 27.5 Å². The average molecular weight is 491 g/mol. The van der Waals surface area contributed by atoms with Crippen LogP contribution in [0.5, 0.6) is 5.75 Å². The van der Waals surface area contributed by atoms with Gasteiger partial charge in [-0.3, -0.25) is 9.59 Å². The third kappa shape index (κ3) is 7.56. The SMILES string of the molecule is COc1ccccc1CCN(C)CCCCC(=O)c1ccc2c(c1)CCN(C(=O)C(F)(F)F)CC2. The molecule has 1 amide bonds. The fourth-order valence-electron chi connectivity index (χ4n) is 4.43. The molecule has 0 fully saturated rings. The first-order chi connectivity index (χ1) is 16.7. The number of benzene rings is 2. The summed E-state index contributed by atoms with van der Waals surface area (Å²) in [4.78, 5) is 27.4. The highest BCUT2D eigenvalue weighted by molar-refractivity contribution is 5.96. The van der Waals surface area contributed by atoms with Crippen LogP contribution < -0.4 is 4.74 Å². The lowest BCUT2D eigenvalue weighted by Gasteiger charge is -2.21. The lowest BCUT2D eigenvalue weighted by atomic mass is 9.97. The number of rotatable bonds is 10. The summed E-state index contributed by atoms with van der Waals surface area (Å²) in [7, 11) is 3.74. The van der Waals surface area contributed by atoms with E-state index < -0.39 is 12.1 Å². The number of para-hydroxylation sites is 1. The van der Waals surface area contributed by atoms with Gasteiger partial charge in [-0.15, -0.1) is 0 Å². The van der Waals surface area contributed by atoms with Crippen molar-refractivity contribution in [2.45, 2.75) is 44.7 Å². The molecule has 0 unspecified atom stereocenters. The molecule has 3 rings (SSSR count). The van der Waals surface area contributed by atoms with Crippen molar-refractivity contribution in [3.8, 4) is 5.75 Å². The second kappa shape index (κ2) is 12.2. The molecule has 0 saturated carbocycles. The van der Waals surface area contributed by atoms with Crippen LogP contribution in [0.3, 0.4) is 0 Å². The van der Waals surface area contributed by atoms with Crippen LogP contribution in [-0.2, 0) is 24.1 Å². The fraction of sp³-hybridized carbons (Fsp3) is 0.481. The number of alkyl halides is 3. The molecule has 0 saturated heterocycles. The molecule has 5 nitrogen and oxygen atoms in total. The molecule has 8 heteroatoms. The van der Waals surface area contributed by atoms with Gasteiger partial charge < -0.3 is 14.5 Å². The highest BCUT2D eigenvalue weighted by Gasteiger charge is 2.42. The van der Waals surface area contributed by atoms with Gasteiger partial charge in [0.25, 0.3) is 0 Å². The summed E-state index contributed by atoms with van der Waals surface area (Å²) in [5.41, 5.74) is 3.51. The standard InChI is InChI=1S/C27H33F3N2O3/c1-31(16-12-21-7-3-4-9-25(21)35-2)15-6-5-8-24(33)23-11-10-20-13-17-32(18-14-22(20)19-23)26(34)27(28,29)30/h3-4,7,9-11,19H,5-6,8,12-18H2,1-2H3. The number of halogens is 3. The van der Waals surface area contributed by atoms with Gasteiger partial charge in [-0.05, 0) is 74.5 Å². The molecule has 0 bridgehead atoms. The molecular formula is C27H33F3N2O3. The normalized spacial score (nSPS) is 13.9. The van der Waals surface area contributed by atoms with Gasteiger partial charge in [0.2, 0.25) is 0 Å². The number of carbonyl (C=O) groups excluding carboxylic acids is 2. The van der Waals surface area contributed by atoms with Crippen LogP contribution in [0.2, 0.25) is 0 Å². The van der Waals surface area contributed by atoms with E-state index in [1.165, 1.54) is 5.56 Å². The van der Waals surface area contributed by atoms with Gasteiger partial charge in [0.1, 0.15) is 5.75 Å². The molecule has 0 N–H and O–H groups in total. The van der Waals surface area contributed by atoms with Gasteiger partial charge >= 0.3 is 12.1 Å². The van der Waals surface area contributed by atoms with Crippen molar-refractivity contribution in [3.05, 3.63) is 64.7 Å². The minimum absolute atomic E-state index is 0.00414. The summed E-state index contributed by atoms with van der Waals surface area (Å²) in [6.45, 7) is 1.82. The Morgan fingerprint density at radius 1 is 1.00 bits per heavy atom. The Morgan fingerprint density at radius 2 is 1.71 bits per heavy atom. The number of amides is 1. The number of ether oxygens (including phenoxy) is 1. The van der Waals surface area contributed by atoms with E-state index in [9.17, 15) is 22.8 Å². The predicted molar refractivity (Wildman–Crippen MR) is 129 cm³/mol. The van der Waals surface area contributed by atoms with Crippen molar-refractivity contribution >= 4 is 11.7 Å². The zero-order chi connectivity index (χ0) is 25.4. The quantitative estimate of drug-likeness (QED) is 0.358. The zero-order valence-electron chi connectivity index (χ0n) is 20.4. The van der Waals surface area contributed by atoms with Crippen molar-refractivity contribution in [3.63, 3.8) is 0 Å². The number of Topliss-reactive ketones (excluding diaryl/α,β-unsaturated/α-hetero) is 1. The summed E-state index contributed by atoms with van der Waals surface area (Å²) >= 11 is 0. The maximum atomic E-state index is 12.8. The smallest absolute Gasteiger partial charge is 0.471 e. The van der Waals surface area contributed by atoms with Crippen LogP contribution in [0.4, 0.5) is 13.2 Å². The van der Waals surface area contributed by atoms with Crippen LogP contribution >= 0.6 is 0 Å². The molecule has 0 spiro atoms. The Hall–Kier alpha value is -2.87. The van der Waals surface area contributed by atoms with Gasteiger partial charge in [0.05, 0.1) is 7.11 Å². The highest BCUT2D eigenvalue weighted by atomic mass is 19.4. The summed E-state index contributed by atoms with van der Waals surface area (Å²) < 4.78 is 43.7. The number of unbranched alkanes of at least 4 members (excludes halogenated alkanes) is 1. The van der Waals surface area contributed by atoms with E-state index >= 15 is 0 Å². The highest BCUT2D eigenvalue weighted by Crippen LogP contribution is 2.24. The molecule has 1 aliphatic heterocycles. The first-order valence-electron chi connectivity index (χ1n) is 12.0. The van der Waals surface area contributed by atoms with Crippen molar-refractivity contribution in [2.24, 2.45) is 0 Å². The number of carbonyl (C=O) groups is 2. The number of ketones is 1. The van der Waals surface area contributed by atoms with E-state index in [1.54, 1.807) is 19.2 Å². The van der Waals surface area contributed by atoms with Crippen LogP contribution in [0.15, 0.2) is 42.5 Å². The largest absolute Gasteiger partial charge is 0.496 e. The summed E-state index contributed by atoms with van der Waals surface area (Å²) in [5, 5.41) is 0. The Bertz CT molecular complexity index is 1020. The molecule has 0 aromatic heterocycles. The van der Waals surface area contributed by atoms with Crippen LogP contribution in [0.1, 0.15) is 46.3 Å². The predicted octanol–water partition coefficient (Wildman–Crippen LogP) is 4.71. The second-order valence-electron chi connectivity index (χ2n) is 9.02. The number of methoxy groups -OCH3 is 1. The Balaban J connectivity index is 1.43. The Kier molecular flexibility index (Phi) is 9.32. The summed E-state index contributed by atoms with van der Waals surface area (Å²) in [6, 6.07) is 13.3. The maximum absolute atomic E-state index is 12.8. The van der Waals surface area contributed by atoms with Gasteiger partial charge in [0, 0.05) is 31.6 Å². The van der Waals surface area contributed by atoms with Gasteiger partial charge in [-0.25, -0.2) is 0 Å². The topological polar surface area (TPSA) is 49.9 Å². The van der Waals surface area contributed by atoms with E-state index in [0.717, 1.165) is 54.1 Å². The summed E-state index contributed by atoms with van der Waals surface area (Å²) in [5.74, 6) is -0.863. The molecule has 0 atom stereocenters. The molecule has 2 aromatic carbocycles. The van der Waals surface area contributed by atoms with E-state index in [-0.39, 0.29) is 18.9 Å². The van der Waals surface area contributed by atoms with Crippen molar-refractivity contribution in [1.29, 1.82) is 0 Å². The van der Waals surface area contributed by atoms with E-state index in [1.807, 2.05) is 24.3 Å². The monoisotopic (exact) mass is 490 g/mol.